The van der Waals surface area contributed by atoms with Gasteiger partial charge in [-0.15, -0.1) is 0 Å². The zero-order valence-electron chi connectivity index (χ0n) is 12.5. The summed E-state index contributed by atoms with van der Waals surface area (Å²) in [6.07, 6.45) is 2.53. The first-order chi connectivity index (χ1) is 9.52. The molecular formula is C16H23BrN2O. The van der Waals surface area contributed by atoms with Crippen molar-refractivity contribution >= 4 is 27.4 Å². The summed E-state index contributed by atoms with van der Waals surface area (Å²) in [4.78, 5) is 16.5. The standard InChI is InChI=1S/C16H23BrN2O/c1-4-19-9-5-6-14(19)11-18(3)16-10-13(17)7-8-15(16)12(2)20/h7-8,10,14H,4-6,9,11H2,1-3H3. The number of carbonyl (C=O) groups is 1. The van der Waals surface area contributed by atoms with Gasteiger partial charge in [-0.05, 0) is 51.1 Å². The molecule has 1 saturated heterocycles. The topological polar surface area (TPSA) is 23.6 Å². The van der Waals surface area contributed by atoms with Crippen LogP contribution >= 0.6 is 15.9 Å². The number of likely N-dealkylation sites (N-methyl/N-ethyl adjacent to an activating group) is 2. The van der Waals surface area contributed by atoms with Crippen molar-refractivity contribution in [2.45, 2.75) is 32.7 Å². The molecule has 3 nitrogen and oxygen atoms in total. The van der Waals surface area contributed by atoms with E-state index in [-0.39, 0.29) is 5.78 Å². The van der Waals surface area contributed by atoms with Crippen LogP contribution in [-0.4, -0.2) is 43.4 Å². The van der Waals surface area contributed by atoms with E-state index in [0.717, 1.165) is 28.8 Å². The highest BCUT2D eigenvalue weighted by Crippen LogP contribution is 2.27. The predicted molar refractivity (Wildman–Crippen MR) is 87.7 cm³/mol. The second-order valence-corrected chi connectivity index (χ2v) is 6.44. The minimum absolute atomic E-state index is 0.123. The summed E-state index contributed by atoms with van der Waals surface area (Å²) in [6.45, 7) is 7.14. The van der Waals surface area contributed by atoms with E-state index in [4.69, 9.17) is 0 Å². The Morgan fingerprint density at radius 2 is 2.25 bits per heavy atom. The molecule has 1 heterocycles. The number of anilines is 1. The third kappa shape index (κ3) is 3.41. The maximum atomic E-state index is 11.8. The van der Waals surface area contributed by atoms with Crippen LogP contribution in [0.15, 0.2) is 22.7 Å². The van der Waals surface area contributed by atoms with Gasteiger partial charge < -0.3 is 4.90 Å². The lowest BCUT2D eigenvalue weighted by Crippen LogP contribution is -2.39. The number of likely N-dealkylation sites (tertiary alicyclic amines) is 1. The molecule has 1 unspecified atom stereocenters. The van der Waals surface area contributed by atoms with Crippen molar-refractivity contribution in [2.75, 3.05) is 31.6 Å². The highest BCUT2D eigenvalue weighted by molar-refractivity contribution is 9.10. The van der Waals surface area contributed by atoms with Crippen LogP contribution < -0.4 is 4.90 Å². The second kappa shape index (κ2) is 6.72. The van der Waals surface area contributed by atoms with Crippen LogP contribution in [0.4, 0.5) is 5.69 Å². The van der Waals surface area contributed by atoms with E-state index in [1.807, 2.05) is 18.2 Å². The monoisotopic (exact) mass is 338 g/mol. The lowest BCUT2D eigenvalue weighted by Gasteiger charge is -2.30. The summed E-state index contributed by atoms with van der Waals surface area (Å²) >= 11 is 3.50. The first kappa shape index (κ1) is 15.5. The van der Waals surface area contributed by atoms with Crippen LogP contribution in [0.5, 0.6) is 0 Å². The molecule has 2 rings (SSSR count). The fraction of sp³-hybridized carbons (Fsp3) is 0.562. The van der Waals surface area contributed by atoms with Crippen LogP contribution in [0.2, 0.25) is 0 Å². The van der Waals surface area contributed by atoms with E-state index in [1.54, 1.807) is 6.92 Å². The van der Waals surface area contributed by atoms with Crippen LogP contribution in [0.25, 0.3) is 0 Å². The fourth-order valence-corrected chi connectivity index (χ4v) is 3.40. The van der Waals surface area contributed by atoms with E-state index in [0.29, 0.717) is 6.04 Å². The van der Waals surface area contributed by atoms with Gasteiger partial charge in [0.15, 0.2) is 5.78 Å². The molecular weight excluding hydrogens is 316 g/mol. The van der Waals surface area contributed by atoms with Gasteiger partial charge in [0.25, 0.3) is 0 Å². The van der Waals surface area contributed by atoms with Crippen molar-refractivity contribution in [3.63, 3.8) is 0 Å². The molecule has 1 aromatic carbocycles. The van der Waals surface area contributed by atoms with Gasteiger partial charge in [-0.25, -0.2) is 0 Å². The smallest absolute Gasteiger partial charge is 0.161 e. The molecule has 0 aromatic heterocycles. The zero-order valence-corrected chi connectivity index (χ0v) is 14.1. The molecule has 0 bridgehead atoms. The van der Waals surface area contributed by atoms with E-state index in [1.165, 1.54) is 19.4 Å². The molecule has 0 saturated carbocycles. The minimum Gasteiger partial charge on any atom is -0.372 e. The highest BCUT2D eigenvalue weighted by atomic mass is 79.9. The summed E-state index contributed by atoms with van der Waals surface area (Å²) in [6, 6.07) is 6.48. The summed E-state index contributed by atoms with van der Waals surface area (Å²) in [5, 5.41) is 0. The third-order valence-electron chi connectivity index (χ3n) is 4.14. The summed E-state index contributed by atoms with van der Waals surface area (Å²) in [7, 11) is 2.08. The molecule has 1 atom stereocenters. The lowest BCUT2D eigenvalue weighted by atomic mass is 10.1. The molecule has 20 heavy (non-hydrogen) atoms. The number of Topliss-reactive ketones (excluding diaryl/α,β-unsaturated/α-hetero) is 1. The number of benzene rings is 1. The van der Waals surface area contributed by atoms with Gasteiger partial charge in [-0.2, -0.15) is 0 Å². The third-order valence-corrected chi connectivity index (χ3v) is 4.63. The molecule has 0 amide bonds. The van der Waals surface area contributed by atoms with Crippen LogP contribution in [0.3, 0.4) is 0 Å². The average Bonchev–Trinajstić information content (AvgIpc) is 2.85. The number of nitrogens with zero attached hydrogens (tertiary/aromatic N) is 2. The van der Waals surface area contributed by atoms with Crippen molar-refractivity contribution in [3.05, 3.63) is 28.2 Å². The maximum absolute atomic E-state index is 11.8. The van der Waals surface area contributed by atoms with Gasteiger partial charge >= 0.3 is 0 Å². The Morgan fingerprint density at radius 1 is 1.50 bits per heavy atom. The quantitative estimate of drug-likeness (QED) is 0.766. The van der Waals surface area contributed by atoms with Gasteiger partial charge in [0.05, 0.1) is 0 Å². The van der Waals surface area contributed by atoms with Crippen molar-refractivity contribution in [1.29, 1.82) is 0 Å². The molecule has 0 spiro atoms. The SMILES string of the molecule is CCN1CCCC1CN(C)c1cc(Br)ccc1C(C)=O. The van der Waals surface area contributed by atoms with Gasteiger partial charge in [-0.1, -0.05) is 22.9 Å². The molecule has 110 valence electrons. The molecule has 1 aromatic rings. The van der Waals surface area contributed by atoms with E-state index < -0.39 is 0 Å². The molecule has 0 aliphatic carbocycles. The van der Waals surface area contributed by atoms with Crippen molar-refractivity contribution in [3.8, 4) is 0 Å². The fourth-order valence-electron chi connectivity index (χ4n) is 3.05. The number of rotatable bonds is 5. The normalized spacial score (nSPS) is 19.3. The van der Waals surface area contributed by atoms with Crippen LogP contribution in [0.1, 0.15) is 37.0 Å². The van der Waals surface area contributed by atoms with Gasteiger partial charge in [-0.3, -0.25) is 9.69 Å². The average molecular weight is 339 g/mol. The Kier molecular flexibility index (Phi) is 5.22. The number of ketones is 1. The Morgan fingerprint density at radius 3 is 2.90 bits per heavy atom. The lowest BCUT2D eigenvalue weighted by molar-refractivity contribution is 0.101. The van der Waals surface area contributed by atoms with Crippen LogP contribution in [0, 0.1) is 0 Å². The highest BCUT2D eigenvalue weighted by Gasteiger charge is 2.25. The molecule has 4 heteroatoms. The van der Waals surface area contributed by atoms with E-state index in [2.05, 4.69) is 39.7 Å². The Hall–Kier alpha value is -0.870. The Balaban J connectivity index is 2.18. The van der Waals surface area contributed by atoms with Crippen molar-refractivity contribution in [1.82, 2.24) is 4.90 Å². The second-order valence-electron chi connectivity index (χ2n) is 5.52. The summed E-state index contributed by atoms with van der Waals surface area (Å²) < 4.78 is 1.02. The number of carbonyl (C=O) groups excluding carboxylic acids is 1. The molecule has 0 N–H and O–H groups in total. The zero-order chi connectivity index (χ0) is 14.7. The van der Waals surface area contributed by atoms with Crippen LogP contribution in [-0.2, 0) is 0 Å². The van der Waals surface area contributed by atoms with Gasteiger partial charge in [0.2, 0.25) is 0 Å². The largest absolute Gasteiger partial charge is 0.372 e. The Labute approximate surface area is 130 Å². The predicted octanol–water partition coefficient (Wildman–Crippen LogP) is 3.57. The first-order valence-electron chi connectivity index (χ1n) is 7.28. The van der Waals surface area contributed by atoms with Crippen molar-refractivity contribution < 1.29 is 4.79 Å². The molecule has 1 fully saturated rings. The van der Waals surface area contributed by atoms with Crippen molar-refractivity contribution in [2.24, 2.45) is 0 Å². The Bertz CT molecular complexity index is 489. The molecule has 0 radical (unpaired) electrons. The van der Waals surface area contributed by atoms with Gasteiger partial charge in [0.1, 0.15) is 0 Å². The molecule has 1 aliphatic rings. The summed E-state index contributed by atoms with van der Waals surface area (Å²) in [5.41, 5.74) is 1.83. The van der Waals surface area contributed by atoms with E-state index in [9.17, 15) is 4.79 Å². The van der Waals surface area contributed by atoms with E-state index >= 15 is 0 Å². The number of hydrogen-bond donors (Lipinski definition) is 0. The minimum atomic E-state index is 0.123. The number of hydrogen-bond acceptors (Lipinski definition) is 3. The first-order valence-corrected chi connectivity index (χ1v) is 8.08. The summed E-state index contributed by atoms with van der Waals surface area (Å²) in [5.74, 6) is 0.123. The molecule has 1 aliphatic heterocycles. The number of halogens is 1. The van der Waals surface area contributed by atoms with Gasteiger partial charge in [0, 0.05) is 35.4 Å². The maximum Gasteiger partial charge on any atom is 0.161 e.